The van der Waals surface area contributed by atoms with Crippen LogP contribution >= 0.6 is 11.3 Å². The number of rotatable bonds is 3. The molecule has 0 bridgehead atoms. The van der Waals surface area contributed by atoms with E-state index in [9.17, 15) is 4.79 Å². The molecule has 2 aromatic carbocycles. The summed E-state index contributed by atoms with van der Waals surface area (Å²) in [7, 11) is 0. The summed E-state index contributed by atoms with van der Waals surface area (Å²) in [5.74, 6) is 0. The molecule has 0 saturated heterocycles. The highest BCUT2D eigenvalue weighted by Crippen LogP contribution is 2.37. The van der Waals surface area contributed by atoms with Crippen molar-refractivity contribution in [1.29, 1.82) is 0 Å². The fourth-order valence-electron chi connectivity index (χ4n) is 2.20. The van der Waals surface area contributed by atoms with Gasteiger partial charge in [0.05, 0.1) is 12.3 Å². The average Bonchev–Trinajstić information content (AvgIpc) is 2.91. The molecule has 3 nitrogen and oxygen atoms in total. The Morgan fingerprint density at radius 1 is 1.14 bits per heavy atom. The molecule has 106 valence electrons. The monoisotopic (exact) mass is 297 g/mol. The maximum Gasteiger partial charge on any atom is 0.411 e. The van der Waals surface area contributed by atoms with Gasteiger partial charge in [0.25, 0.3) is 0 Å². The minimum Gasteiger partial charge on any atom is -0.450 e. The third kappa shape index (κ3) is 2.90. The highest BCUT2D eigenvalue weighted by molar-refractivity contribution is 7.22. The fraction of sp³-hybridized carbons (Fsp3) is 0.118. The first-order chi connectivity index (χ1) is 10.3. The van der Waals surface area contributed by atoms with Crippen LogP contribution in [0, 0.1) is 0 Å². The quantitative estimate of drug-likeness (QED) is 0.727. The molecule has 0 unspecified atom stereocenters. The summed E-state index contributed by atoms with van der Waals surface area (Å²) in [5.41, 5.74) is 1.77. The molecule has 1 N–H and O–H groups in total. The van der Waals surface area contributed by atoms with Crippen LogP contribution < -0.4 is 5.32 Å². The molecule has 0 aliphatic heterocycles. The third-order valence-corrected chi connectivity index (χ3v) is 4.28. The van der Waals surface area contributed by atoms with E-state index in [1.165, 1.54) is 10.1 Å². The number of benzene rings is 2. The molecule has 1 amide bonds. The van der Waals surface area contributed by atoms with E-state index in [-0.39, 0.29) is 0 Å². The molecule has 0 radical (unpaired) electrons. The number of ether oxygens (including phenoxy) is 1. The van der Waals surface area contributed by atoms with E-state index in [1.54, 1.807) is 18.3 Å². The van der Waals surface area contributed by atoms with Gasteiger partial charge < -0.3 is 4.74 Å². The molecular formula is C17H15NO2S. The molecule has 1 heterocycles. The first-order valence-corrected chi connectivity index (χ1v) is 7.61. The van der Waals surface area contributed by atoms with E-state index >= 15 is 0 Å². The predicted molar refractivity (Wildman–Crippen MR) is 87.9 cm³/mol. The summed E-state index contributed by atoms with van der Waals surface area (Å²) in [6, 6.07) is 18.2. The minimum absolute atomic E-state index is 0.358. The van der Waals surface area contributed by atoms with Crippen molar-refractivity contribution < 1.29 is 9.53 Å². The second-order valence-electron chi connectivity index (χ2n) is 4.54. The Kier molecular flexibility index (Phi) is 3.88. The van der Waals surface area contributed by atoms with E-state index in [0.717, 1.165) is 16.1 Å². The lowest BCUT2D eigenvalue weighted by molar-refractivity contribution is 0.168. The van der Waals surface area contributed by atoms with Crippen molar-refractivity contribution in [2.45, 2.75) is 6.92 Å². The molecule has 0 spiro atoms. The largest absolute Gasteiger partial charge is 0.450 e. The molecule has 0 saturated carbocycles. The molecule has 0 aliphatic carbocycles. The lowest BCUT2D eigenvalue weighted by Crippen LogP contribution is -2.13. The Balaban J connectivity index is 1.99. The summed E-state index contributed by atoms with van der Waals surface area (Å²) in [5, 5.41) is 4.01. The number of hydrogen-bond donors (Lipinski definition) is 1. The van der Waals surface area contributed by atoms with Crippen molar-refractivity contribution in [3.05, 3.63) is 54.6 Å². The van der Waals surface area contributed by atoms with Gasteiger partial charge >= 0.3 is 6.09 Å². The SMILES string of the molecule is CCOC(=O)Nc1ccccc1-c1cc2ccccc2s1. The Morgan fingerprint density at radius 3 is 2.71 bits per heavy atom. The number of amides is 1. The Bertz CT molecular complexity index is 746. The molecule has 3 rings (SSSR count). The van der Waals surface area contributed by atoms with Gasteiger partial charge in [0, 0.05) is 15.1 Å². The first-order valence-electron chi connectivity index (χ1n) is 6.79. The van der Waals surface area contributed by atoms with Crippen LogP contribution in [0.3, 0.4) is 0 Å². The highest BCUT2D eigenvalue weighted by Gasteiger charge is 2.11. The van der Waals surface area contributed by atoms with Gasteiger partial charge in [-0.25, -0.2) is 4.79 Å². The number of para-hydroxylation sites is 1. The number of fused-ring (bicyclic) bond motifs is 1. The van der Waals surface area contributed by atoms with Crippen LogP contribution in [-0.4, -0.2) is 12.7 Å². The summed E-state index contributed by atoms with van der Waals surface area (Å²) >= 11 is 1.71. The third-order valence-electron chi connectivity index (χ3n) is 3.13. The van der Waals surface area contributed by atoms with E-state index in [4.69, 9.17) is 4.74 Å². The summed E-state index contributed by atoms with van der Waals surface area (Å²) in [4.78, 5) is 12.8. The Morgan fingerprint density at radius 2 is 1.90 bits per heavy atom. The summed E-state index contributed by atoms with van der Waals surface area (Å²) in [6.45, 7) is 2.15. The molecule has 3 aromatic rings. The van der Waals surface area contributed by atoms with Crippen molar-refractivity contribution in [3.8, 4) is 10.4 Å². The maximum atomic E-state index is 11.6. The minimum atomic E-state index is -0.425. The van der Waals surface area contributed by atoms with Gasteiger partial charge in [0.15, 0.2) is 0 Å². The zero-order chi connectivity index (χ0) is 14.7. The van der Waals surface area contributed by atoms with Crippen molar-refractivity contribution in [1.82, 2.24) is 0 Å². The van der Waals surface area contributed by atoms with Gasteiger partial charge in [-0.15, -0.1) is 11.3 Å². The van der Waals surface area contributed by atoms with Crippen molar-refractivity contribution in [3.63, 3.8) is 0 Å². The van der Waals surface area contributed by atoms with Crippen LogP contribution in [0.25, 0.3) is 20.5 Å². The smallest absolute Gasteiger partial charge is 0.411 e. The number of thiophene rings is 1. The maximum absolute atomic E-state index is 11.6. The first kappa shape index (κ1) is 13.6. The molecule has 0 atom stereocenters. The van der Waals surface area contributed by atoms with E-state index in [0.29, 0.717) is 6.61 Å². The highest BCUT2D eigenvalue weighted by atomic mass is 32.1. The van der Waals surface area contributed by atoms with Gasteiger partial charge in [-0.05, 0) is 30.5 Å². The lowest BCUT2D eigenvalue weighted by Gasteiger charge is -2.09. The van der Waals surface area contributed by atoms with Gasteiger partial charge in [-0.2, -0.15) is 0 Å². The van der Waals surface area contributed by atoms with Crippen LogP contribution in [0.2, 0.25) is 0 Å². The number of carbonyl (C=O) groups is 1. The number of hydrogen-bond acceptors (Lipinski definition) is 3. The van der Waals surface area contributed by atoms with Crippen LogP contribution in [-0.2, 0) is 4.74 Å². The van der Waals surface area contributed by atoms with Gasteiger partial charge in [-0.3, -0.25) is 5.32 Å². The molecule has 0 fully saturated rings. The molecule has 1 aromatic heterocycles. The summed E-state index contributed by atoms with van der Waals surface area (Å²) in [6.07, 6.45) is -0.425. The summed E-state index contributed by atoms with van der Waals surface area (Å²) < 4.78 is 6.18. The van der Waals surface area contributed by atoms with Crippen LogP contribution in [0.5, 0.6) is 0 Å². The van der Waals surface area contributed by atoms with E-state index in [1.807, 2.05) is 36.4 Å². The molecular weight excluding hydrogens is 282 g/mol. The van der Waals surface area contributed by atoms with Crippen LogP contribution in [0.4, 0.5) is 10.5 Å². The zero-order valence-corrected chi connectivity index (χ0v) is 12.4. The second-order valence-corrected chi connectivity index (χ2v) is 5.62. The van der Waals surface area contributed by atoms with E-state index < -0.39 is 6.09 Å². The van der Waals surface area contributed by atoms with Gasteiger partial charge in [0.2, 0.25) is 0 Å². The average molecular weight is 297 g/mol. The molecule has 0 aliphatic rings. The standard InChI is InChI=1S/C17H15NO2S/c1-2-20-17(19)18-14-9-5-4-8-13(14)16-11-12-7-3-6-10-15(12)21-16/h3-11H,2H2,1H3,(H,18,19). The Hall–Kier alpha value is -2.33. The lowest BCUT2D eigenvalue weighted by atomic mass is 10.1. The number of anilines is 1. The van der Waals surface area contributed by atoms with Crippen molar-refractivity contribution in [2.24, 2.45) is 0 Å². The Labute approximate surface area is 127 Å². The van der Waals surface area contributed by atoms with Gasteiger partial charge in [-0.1, -0.05) is 36.4 Å². The van der Waals surface area contributed by atoms with Crippen LogP contribution in [0.1, 0.15) is 6.92 Å². The topological polar surface area (TPSA) is 38.3 Å². The number of carbonyl (C=O) groups excluding carboxylic acids is 1. The van der Waals surface area contributed by atoms with Crippen molar-refractivity contribution >= 4 is 33.2 Å². The number of nitrogens with one attached hydrogen (secondary N) is 1. The van der Waals surface area contributed by atoms with Gasteiger partial charge in [0.1, 0.15) is 0 Å². The second kappa shape index (κ2) is 5.97. The van der Waals surface area contributed by atoms with E-state index in [2.05, 4.69) is 23.5 Å². The van der Waals surface area contributed by atoms with Crippen molar-refractivity contribution in [2.75, 3.05) is 11.9 Å². The normalized spacial score (nSPS) is 10.5. The molecule has 4 heteroatoms. The fourth-order valence-corrected chi connectivity index (χ4v) is 3.30. The van der Waals surface area contributed by atoms with Crippen LogP contribution in [0.15, 0.2) is 54.6 Å². The predicted octanol–water partition coefficient (Wildman–Crippen LogP) is 5.14. The zero-order valence-electron chi connectivity index (χ0n) is 11.6. The molecule has 21 heavy (non-hydrogen) atoms.